The molecule has 0 spiro atoms. The van der Waals surface area contributed by atoms with E-state index in [4.69, 9.17) is 0 Å². The second-order valence-corrected chi connectivity index (χ2v) is 6.48. The normalized spacial score (nSPS) is 10.3. The molecule has 0 N–H and O–H groups in total. The van der Waals surface area contributed by atoms with Crippen LogP contribution in [0.25, 0.3) is 0 Å². The van der Waals surface area contributed by atoms with Crippen LogP contribution in [0.1, 0.15) is 18.7 Å². The number of hydrogen-bond donors (Lipinski definition) is 0. The van der Waals surface area contributed by atoms with E-state index in [1.54, 1.807) is 31.3 Å². The van der Waals surface area contributed by atoms with Gasteiger partial charge in [0, 0.05) is 12.4 Å². The monoisotopic (exact) mass is 453 g/mol. The number of nitrogens with zero attached hydrogens (tertiary/aromatic N) is 1. The van der Waals surface area contributed by atoms with Gasteiger partial charge in [0.2, 0.25) is 0 Å². The van der Waals surface area contributed by atoms with Crippen molar-refractivity contribution in [3.8, 4) is 0 Å². The minimum absolute atomic E-state index is 0.0950. The molecule has 2 rings (SSSR count). The molecule has 19 heavy (non-hydrogen) atoms. The van der Waals surface area contributed by atoms with Crippen LogP contribution in [0.15, 0.2) is 48.1 Å². The molecule has 0 fully saturated rings. The topological polar surface area (TPSA) is 47.0 Å². The SMILES string of the molecule is CC(=O)[C]([Ir])(C(C)=O)c1cccs1.c1ccncc1. The number of hydrogen-bond acceptors (Lipinski definition) is 4. The number of carbonyl (C=O) groups excluding carboxylic acids is 2. The Morgan fingerprint density at radius 1 is 1.11 bits per heavy atom. The fourth-order valence-corrected chi connectivity index (χ4v) is 2.90. The average molecular weight is 453 g/mol. The van der Waals surface area contributed by atoms with Crippen LogP contribution in [0.2, 0.25) is 0 Å². The third-order valence-electron chi connectivity index (χ3n) is 2.36. The Bertz CT molecular complexity index is 485. The van der Waals surface area contributed by atoms with Crippen molar-refractivity contribution in [3.05, 3.63) is 53.0 Å². The molecule has 5 heteroatoms. The van der Waals surface area contributed by atoms with Crippen LogP contribution in [0.3, 0.4) is 0 Å². The van der Waals surface area contributed by atoms with E-state index in [2.05, 4.69) is 4.98 Å². The van der Waals surface area contributed by atoms with E-state index in [1.807, 2.05) is 35.7 Å². The summed E-state index contributed by atoms with van der Waals surface area (Å²) in [7, 11) is 0. The summed E-state index contributed by atoms with van der Waals surface area (Å²) in [4.78, 5) is 27.4. The number of Topliss-reactive ketones (excluding diaryl/α,β-unsaturated/α-hetero) is 2. The summed E-state index contributed by atoms with van der Waals surface area (Å²) < 4.78 is -0.936. The third kappa shape index (κ3) is 4.16. The van der Waals surface area contributed by atoms with Crippen molar-refractivity contribution >= 4 is 22.9 Å². The van der Waals surface area contributed by atoms with E-state index in [-0.39, 0.29) is 11.6 Å². The van der Waals surface area contributed by atoms with E-state index in [9.17, 15) is 9.59 Å². The van der Waals surface area contributed by atoms with E-state index < -0.39 is 3.93 Å². The van der Waals surface area contributed by atoms with Crippen LogP contribution in [-0.2, 0) is 32.4 Å². The summed E-state index contributed by atoms with van der Waals surface area (Å²) in [5.74, 6) is -0.190. The molecule has 0 aliphatic carbocycles. The number of aromatic nitrogens is 1. The molecule has 2 heterocycles. The first-order valence-electron chi connectivity index (χ1n) is 5.57. The van der Waals surface area contributed by atoms with E-state index in [0.29, 0.717) is 0 Å². The summed E-state index contributed by atoms with van der Waals surface area (Å²) in [6.45, 7) is 2.92. The van der Waals surface area contributed by atoms with Crippen molar-refractivity contribution in [1.29, 1.82) is 0 Å². The van der Waals surface area contributed by atoms with Gasteiger partial charge in [-0.25, -0.2) is 0 Å². The van der Waals surface area contributed by atoms with Crippen molar-refractivity contribution in [1.82, 2.24) is 4.98 Å². The Morgan fingerprint density at radius 2 is 1.68 bits per heavy atom. The fourth-order valence-electron chi connectivity index (χ4n) is 1.38. The predicted octanol–water partition coefficient (Wildman–Crippen LogP) is 2.75. The molecule has 2 aromatic rings. The summed E-state index contributed by atoms with van der Waals surface area (Å²) in [5, 5.41) is 1.87. The van der Waals surface area contributed by atoms with Gasteiger partial charge >= 0.3 is 91.6 Å². The van der Waals surface area contributed by atoms with Gasteiger partial charge in [0.15, 0.2) is 0 Å². The second-order valence-electron chi connectivity index (χ2n) is 3.74. The Kier molecular flexibility index (Phi) is 6.22. The molecule has 0 atom stereocenters. The van der Waals surface area contributed by atoms with Gasteiger partial charge < -0.3 is 0 Å². The van der Waals surface area contributed by atoms with Gasteiger partial charge in [0.1, 0.15) is 0 Å². The maximum atomic E-state index is 11.4. The van der Waals surface area contributed by atoms with Crippen LogP contribution < -0.4 is 0 Å². The number of ketones is 2. The number of thiophene rings is 1. The molecule has 0 unspecified atom stereocenters. The van der Waals surface area contributed by atoms with Crippen LogP contribution in [-0.4, -0.2) is 16.6 Å². The Balaban J connectivity index is 0.000000250. The van der Waals surface area contributed by atoms with Gasteiger partial charge in [-0.3, -0.25) is 4.98 Å². The molecule has 0 amide bonds. The van der Waals surface area contributed by atoms with Crippen molar-refractivity contribution in [2.45, 2.75) is 17.8 Å². The zero-order valence-electron chi connectivity index (χ0n) is 10.6. The van der Waals surface area contributed by atoms with E-state index >= 15 is 0 Å². The van der Waals surface area contributed by atoms with E-state index in [1.165, 1.54) is 25.2 Å². The molecule has 0 aliphatic heterocycles. The molecule has 0 saturated heterocycles. The van der Waals surface area contributed by atoms with Crippen LogP contribution >= 0.6 is 11.3 Å². The molecule has 0 saturated carbocycles. The van der Waals surface area contributed by atoms with Crippen molar-refractivity contribution in [2.24, 2.45) is 0 Å². The average Bonchev–Trinajstić information content (AvgIpc) is 2.94. The maximum absolute atomic E-state index is 11.4. The molecule has 102 valence electrons. The van der Waals surface area contributed by atoms with Gasteiger partial charge in [0.05, 0.1) is 0 Å². The number of carbonyl (C=O) groups is 2. The molecule has 2 aromatic heterocycles. The van der Waals surface area contributed by atoms with Crippen molar-refractivity contribution in [2.75, 3.05) is 0 Å². The fraction of sp³-hybridized carbons (Fsp3) is 0.214. The molecular formula is C14H14IrNO2S. The van der Waals surface area contributed by atoms with Gasteiger partial charge in [0.25, 0.3) is 0 Å². The quantitative estimate of drug-likeness (QED) is 0.673. The standard InChI is InChI=1S/C9H9O2S.C5H5N.Ir/c1-6(10)9(7(2)11)8-4-3-5-12-8;1-2-4-6-5-3-1;/h3-5H,1-2H3;1-5H;. The minimum atomic E-state index is -0.936. The van der Waals surface area contributed by atoms with Gasteiger partial charge in [-0.05, 0) is 12.1 Å². The van der Waals surface area contributed by atoms with Gasteiger partial charge in [-0.15, -0.1) is 0 Å². The zero-order valence-corrected chi connectivity index (χ0v) is 13.8. The van der Waals surface area contributed by atoms with E-state index in [0.717, 1.165) is 4.88 Å². The van der Waals surface area contributed by atoms with Crippen LogP contribution in [0, 0.1) is 0 Å². The summed E-state index contributed by atoms with van der Waals surface area (Å²) in [6, 6.07) is 9.39. The molecule has 0 aromatic carbocycles. The summed E-state index contributed by atoms with van der Waals surface area (Å²) in [5.41, 5.74) is 0. The Labute approximate surface area is 127 Å². The van der Waals surface area contributed by atoms with Gasteiger partial charge in [-0.1, -0.05) is 6.07 Å². The van der Waals surface area contributed by atoms with Crippen molar-refractivity contribution in [3.63, 3.8) is 0 Å². The predicted molar refractivity (Wildman–Crippen MR) is 71.6 cm³/mol. The minimum Gasteiger partial charge on any atom is -0.265 e. The number of rotatable bonds is 3. The molecule has 3 nitrogen and oxygen atoms in total. The summed E-state index contributed by atoms with van der Waals surface area (Å²) >= 11 is 3.13. The molecule has 0 aliphatic rings. The Hall–Kier alpha value is -1.16. The smallest absolute Gasteiger partial charge is 0.0267 e. The first-order valence-corrected chi connectivity index (χ1v) is 7.65. The first kappa shape index (κ1) is 15.9. The van der Waals surface area contributed by atoms with Crippen LogP contribution in [0.4, 0.5) is 0 Å². The van der Waals surface area contributed by atoms with Crippen molar-refractivity contribution < 1.29 is 28.5 Å². The molecule has 0 bridgehead atoms. The van der Waals surface area contributed by atoms with Crippen LogP contribution in [0.5, 0.6) is 0 Å². The Morgan fingerprint density at radius 3 is 1.95 bits per heavy atom. The number of pyridine rings is 1. The van der Waals surface area contributed by atoms with Gasteiger partial charge in [-0.2, -0.15) is 0 Å². The largest absolute Gasteiger partial charge is 0.265 e. The second kappa shape index (κ2) is 7.43. The zero-order chi connectivity index (χ0) is 14.3. The molecule has 0 radical (unpaired) electrons. The maximum Gasteiger partial charge on any atom is 0.0267 e. The third-order valence-corrected chi connectivity index (χ3v) is 6.08. The first-order chi connectivity index (χ1) is 8.99. The molecular weight excluding hydrogens is 438 g/mol. The summed E-state index contributed by atoms with van der Waals surface area (Å²) in [6.07, 6.45) is 3.50.